The molecule has 0 saturated heterocycles. The average Bonchev–Trinajstić information content (AvgIpc) is 3.19. The summed E-state index contributed by atoms with van der Waals surface area (Å²) in [7, 11) is 0. The average molecular weight is 329 g/mol. The van der Waals surface area contributed by atoms with E-state index < -0.39 is 0 Å². The molecule has 1 N–H and O–H groups in total. The maximum Gasteiger partial charge on any atom is 0.226 e. The quantitative estimate of drug-likeness (QED) is 0.936. The van der Waals surface area contributed by atoms with E-state index in [1.165, 1.54) is 11.1 Å². The zero-order chi connectivity index (χ0) is 16.2. The number of oxazole rings is 1. The van der Waals surface area contributed by atoms with Gasteiger partial charge in [-0.25, -0.2) is 4.98 Å². The van der Waals surface area contributed by atoms with E-state index in [-0.39, 0.29) is 5.91 Å². The van der Waals surface area contributed by atoms with Gasteiger partial charge in [-0.3, -0.25) is 9.79 Å². The first kappa shape index (κ1) is 15.8. The molecule has 0 spiro atoms. The Morgan fingerprint density at radius 1 is 1.35 bits per heavy atom. The molecular formula is C17H19N3O2S. The van der Waals surface area contributed by atoms with Gasteiger partial charge in [0.1, 0.15) is 0 Å². The summed E-state index contributed by atoms with van der Waals surface area (Å²) in [4.78, 5) is 20.3. The van der Waals surface area contributed by atoms with Crippen LogP contribution in [0.3, 0.4) is 0 Å². The molecule has 120 valence electrons. The van der Waals surface area contributed by atoms with Crippen molar-refractivity contribution in [3.05, 3.63) is 41.4 Å². The minimum atomic E-state index is -0.0518. The van der Waals surface area contributed by atoms with Crippen molar-refractivity contribution in [3.8, 4) is 11.3 Å². The highest BCUT2D eigenvalue weighted by molar-refractivity contribution is 8.14. The number of carbonyl (C=O) groups excluding carboxylic acids is 1. The summed E-state index contributed by atoms with van der Waals surface area (Å²) in [6.45, 7) is 4.93. The van der Waals surface area contributed by atoms with Crippen LogP contribution in [0, 0.1) is 13.8 Å². The molecule has 0 aliphatic carbocycles. The van der Waals surface area contributed by atoms with E-state index in [9.17, 15) is 4.79 Å². The SMILES string of the molecule is Cc1ccc(-c2cnc(CCC(=O)NC3=NCCS3)o2)cc1C. The number of amidine groups is 1. The van der Waals surface area contributed by atoms with Gasteiger partial charge in [-0.1, -0.05) is 23.9 Å². The van der Waals surface area contributed by atoms with E-state index in [4.69, 9.17) is 4.42 Å². The fourth-order valence-corrected chi connectivity index (χ4v) is 3.01. The fraction of sp³-hybridized carbons (Fsp3) is 0.353. The second kappa shape index (κ2) is 7.00. The zero-order valence-corrected chi connectivity index (χ0v) is 14.1. The summed E-state index contributed by atoms with van der Waals surface area (Å²) < 4.78 is 5.76. The van der Waals surface area contributed by atoms with Crippen molar-refractivity contribution in [2.45, 2.75) is 26.7 Å². The smallest absolute Gasteiger partial charge is 0.226 e. The number of aromatic nitrogens is 1. The molecule has 6 heteroatoms. The van der Waals surface area contributed by atoms with Gasteiger partial charge in [-0.15, -0.1) is 0 Å². The van der Waals surface area contributed by atoms with Gasteiger partial charge >= 0.3 is 0 Å². The van der Waals surface area contributed by atoms with Gasteiger partial charge in [-0.05, 0) is 31.0 Å². The summed E-state index contributed by atoms with van der Waals surface area (Å²) in [6.07, 6.45) is 2.54. The molecule has 0 radical (unpaired) electrons. The van der Waals surface area contributed by atoms with E-state index in [0.29, 0.717) is 18.7 Å². The highest BCUT2D eigenvalue weighted by Crippen LogP contribution is 2.23. The maximum absolute atomic E-state index is 11.9. The molecule has 0 unspecified atom stereocenters. The van der Waals surface area contributed by atoms with Crippen molar-refractivity contribution < 1.29 is 9.21 Å². The Morgan fingerprint density at radius 2 is 2.22 bits per heavy atom. The minimum Gasteiger partial charge on any atom is -0.441 e. The van der Waals surface area contributed by atoms with Crippen LogP contribution in [0.4, 0.5) is 0 Å². The highest BCUT2D eigenvalue weighted by atomic mass is 32.2. The molecule has 3 rings (SSSR count). The lowest BCUT2D eigenvalue weighted by Crippen LogP contribution is -2.27. The predicted molar refractivity (Wildman–Crippen MR) is 92.6 cm³/mol. The molecule has 5 nitrogen and oxygen atoms in total. The van der Waals surface area contributed by atoms with E-state index >= 15 is 0 Å². The third-order valence-corrected chi connectivity index (χ3v) is 4.63. The summed E-state index contributed by atoms with van der Waals surface area (Å²) in [5, 5.41) is 3.53. The van der Waals surface area contributed by atoms with Gasteiger partial charge in [0.2, 0.25) is 5.91 Å². The molecule has 1 aromatic heterocycles. The number of aliphatic imine (C=N–C) groups is 1. The fourth-order valence-electron chi connectivity index (χ4n) is 2.27. The Balaban J connectivity index is 1.58. The Morgan fingerprint density at radius 3 is 2.96 bits per heavy atom. The number of rotatable bonds is 4. The first-order valence-electron chi connectivity index (χ1n) is 7.61. The van der Waals surface area contributed by atoms with Crippen LogP contribution in [-0.2, 0) is 11.2 Å². The van der Waals surface area contributed by atoms with Crippen molar-refractivity contribution in [2.24, 2.45) is 4.99 Å². The third-order valence-electron chi connectivity index (χ3n) is 3.74. The number of hydrogen-bond donors (Lipinski definition) is 1. The number of thioether (sulfide) groups is 1. The first-order valence-corrected chi connectivity index (χ1v) is 8.60. The molecule has 0 saturated carbocycles. The van der Waals surface area contributed by atoms with Gasteiger partial charge in [0.25, 0.3) is 0 Å². The number of nitrogens with zero attached hydrogens (tertiary/aromatic N) is 2. The lowest BCUT2D eigenvalue weighted by Gasteiger charge is -2.03. The van der Waals surface area contributed by atoms with Crippen LogP contribution < -0.4 is 5.32 Å². The number of benzene rings is 1. The lowest BCUT2D eigenvalue weighted by molar-refractivity contribution is -0.119. The number of nitrogens with one attached hydrogen (secondary N) is 1. The monoisotopic (exact) mass is 329 g/mol. The normalized spacial score (nSPS) is 13.9. The van der Waals surface area contributed by atoms with Crippen molar-refractivity contribution in [3.63, 3.8) is 0 Å². The molecule has 23 heavy (non-hydrogen) atoms. The number of amides is 1. The van der Waals surface area contributed by atoms with Gasteiger partial charge in [0.05, 0.1) is 12.7 Å². The van der Waals surface area contributed by atoms with E-state index in [1.54, 1.807) is 18.0 Å². The molecular weight excluding hydrogens is 310 g/mol. The van der Waals surface area contributed by atoms with Crippen LogP contribution in [0.15, 0.2) is 33.8 Å². The first-order chi connectivity index (χ1) is 11.1. The summed E-state index contributed by atoms with van der Waals surface area (Å²) >= 11 is 1.58. The van der Waals surface area contributed by atoms with E-state index in [1.807, 2.05) is 6.07 Å². The second-order valence-electron chi connectivity index (χ2n) is 5.50. The van der Waals surface area contributed by atoms with Crippen LogP contribution in [-0.4, -0.2) is 28.4 Å². The number of hydrogen-bond acceptors (Lipinski definition) is 5. The van der Waals surface area contributed by atoms with Crippen LogP contribution in [0.2, 0.25) is 0 Å². The zero-order valence-electron chi connectivity index (χ0n) is 13.3. The summed E-state index contributed by atoms with van der Waals surface area (Å²) in [5.41, 5.74) is 3.47. The van der Waals surface area contributed by atoms with Crippen molar-refractivity contribution in [2.75, 3.05) is 12.3 Å². The van der Waals surface area contributed by atoms with Crippen LogP contribution in [0.25, 0.3) is 11.3 Å². The Kier molecular flexibility index (Phi) is 4.81. The molecule has 2 heterocycles. The summed E-state index contributed by atoms with van der Waals surface area (Å²) in [5.74, 6) is 2.20. The number of aryl methyl sites for hydroxylation is 3. The van der Waals surface area contributed by atoms with Gasteiger partial charge in [0, 0.05) is 24.2 Å². The van der Waals surface area contributed by atoms with Gasteiger partial charge < -0.3 is 9.73 Å². The Labute approximate surface area is 139 Å². The van der Waals surface area contributed by atoms with Crippen LogP contribution >= 0.6 is 11.8 Å². The van der Waals surface area contributed by atoms with Crippen molar-refractivity contribution >= 4 is 22.8 Å². The lowest BCUT2D eigenvalue weighted by atomic mass is 10.1. The topological polar surface area (TPSA) is 67.5 Å². The third kappa shape index (κ3) is 4.01. The molecule has 0 bridgehead atoms. The predicted octanol–water partition coefficient (Wildman–Crippen LogP) is 3.11. The highest BCUT2D eigenvalue weighted by Gasteiger charge is 2.13. The Bertz CT molecular complexity index is 752. The van der Waals surface area contributed by atoms with E-state index in [0.717, 1.165) is 28.8 Å². The molecule has 2 aromatic rings. The van der Waals surface area contributed by atoms with Crippen molar-refractivity contribution in [1.82, 2.24) is 10.3 Å². The maximum atomic E-state index is 11.9. The molecule has 1 aliphatic rings. The molecule has 0 atom stereocenters. The summed E-state index contributed by atoms with van der Waals surface area (Å²) in [6, 6.07) is 6.18. The largest absolute Gasteiger partial charge is 0.441 e. The second-order valence-corrected chi connectivity index (χ2v) is 6.58. The molecule has 1 aliphatic heterocycles. The van der Waals surface area contributed by atoms with Gasteiger partial charge in [-0.2, -0.15) is 0 Å². The van der Waals surface area contributed by atoms with Crippen LogP contribution in [0.5, 0.6) is 0 Å². The molecule has 1 amide bonds. The molecule has 1 aromatic carbocycles. The van der Waals surface area contributed by atoms with E-state index in [2.05, 4.69) is 41.3 Å². The van der Waals surface area contributed by atoms with Crippen LogP contribution in [0.1, 0.15) is 23.4 Å². The van der Waals surface area contributed by atoms with Gasteiger partial charge in [0.15, 0.2) is 16.8 Å². The van der Waals surface area contributed by atoms with Crippen molar-refractivity contribution in [1.29, 1.82) is 0 Å². The number of carbonyl (C=O) groups is 1. The minimum absolute atomic E-state index is 0.0518. The standard InChI is InChI=1S/C17H19N3O2S/c1-11-3-4-13(9-12(11)2)14-10-19-16(22-14)6-5-15(21)20-17-18-7-8-23-17/h3-4,9-10H,5-8H2,1-2H3,(H,18,20,21). The Hall–Kier alpha value is -2.08. The molecule has 0 fully saturated rings.